The van der Waals surface area contributed by atoms with E-state index in [0.29, 0.717) is 10.8 Å². The Bertz CT molecular complexity index is 560. The van der Waals surface area contributed by atoms with Crippen molar-refractivity contribution in [3.05, 3.63) is 58.9 Å². The Kier molecular flexibility index (Phi) is 6.03. The van der Waals surface area contributed by atoms with Crippen molar-refractivity contribution in [1.82, 2.24) is 10.3 Å². The summed E-state index contributed by atoms with van der Waals surface area (Å²) >= 11 is 6.11. The minimum absolute atomic E-state index is 0.200. The Balaban J connectivity index is 2.22. The molecule has 1 heterocycles. The number of methoxy groups -OCH3 is 1. The second kappa shape index (κ2) is 8.01. The Hall–Kier alpha value is -1.58. The predicted octanol–water partition coefficient (Wildman–Crippen LogP) is 4.03. The van der Waals surface area contributed by atoms with E-state index < -0.39 is 0 Å². The maximum Gasteiger partial charge on any atom is 0.137 e. The highest BCUT2D eigenvalue weighted by Crippen LogP contribution is 2.29. The molecule has 0 spiro atoms. The number of hydrogen-bond donors (Lipinski definition) is 1. The molecule has 0 bridgehead atoms. The minimum Gasteiger partial charge on any atom is -0.495 e. The molecule has 2 rings (SSSR count). The third kappa shape index (κ3) is 4.45. The molecule has 112 valence electrons. The van der Waals surface area contributed by atoms with Crippen LogP contribution in [0.3, 0.4) is 0 Å². The first-order chi connectivity index (χ1) is 10.2. The molecular weight excluding hydrogens is 284 g/mol. The van der Waals surface area contributed by atoms with Crippen LogP contribution in [0.4, 0.5) is 0 Å². The second-order valence-corrected chi connectivity index (χ2v) is 5.33. The summed E-state index contributed by atoms with van der Waals surface area (Å²) in [6.07, 6.45) is 3.75. The molecule has 0 aliphatic carbocycles. The zero-order valence-corrected chi connectivity index (χ0v) is 13.2. The Morgan fingerprint density at radius 2 is 2.14 bits per heavy atom. The monoisotopic (exact) mass is 304 g/mol. The quantitative estimate of drug-likeness (QED) is 0.838. The largest absolute Gasteiger partial charge is 0.495 e. The average Bonchev–Trinajstić information content (AvgIpc) is 2.53. The van der Waals surface area contributed by atoms with E-state index in [4.69, 9.17) is 16.3 Å². The molecule has 0 radical (unpaired) electrons. The van der Waals surface area contributed by atoms with E-state index in [2.05, 4.69) is 17.2 Å². The van der Waals surface area contributed by atoms with E-state index in [1.807, 2.05) is 42.6 Å². The topological polar surface area (TPSA) is 34.2 Å². The lowest BCUT2D eigenvalue weighted by molar-refractivity contribution is 0.413. The molecule has 1 atom stereocenters. The Labute approximate surface area is 131 Å². The zero-order chi connectivity index (χ0) is 15.1. The fourth-order valence-electron chi connectivity index (χ4n) is 2.25. The van der Waals surface area contributed by atoms with Crippen molar-refractivity contribution in [3.63, 3.8) is 0 Å². The van der Waals surface area contributed by atoms with Crippen LogP contribution in [0, 0.1) is 0 Å². The molecule has 21 heavy (non-hydrogen) atoms. The van der Waals surface area contributed by atoms with Gasteiger partial charge in [-0.15, -0.1) is 0 Å². The van der Waals surface area contributed by atoms with Gasteiger partial charge in [0.2, 0.25) is 0 Å². The van der Waals surface area contributed by atoms with Gasteiger partial charge in [-0.1, -0.05) is 30.7 Å². The number of nitrogens with zero attached hydrogens (tertiary/aromatic N) is 1. The van der Waals surface area contributed by atoms with Gasteiger partial charge in [0.15, 0.2) is 0 Å². The molecule has 3 nitrogen and oxygen atoms in total. The normalized spacial score (nSPS) is 12.1. The van der Waals surface area contributed by atoms with E-state index in [-0.39, 0.29) is 6.04 Å². The molecule has 0 saturated heterocycles. The predicted molar refractivity (Wildman–Crippen MR) is 87.0 cm³/mol. The molecule has 1 aromatic carbocycles. The van der Waals surface area contributed by atoms with Crippen LogP contribution in [0.25, 0.3) is 0 Å². The summed E-state index contributed by atoms with van der Waals surface area (Å²) in [4.78, 5) is 4.41. The van der Waals surface area contributed by atoms with Crippen LogP contribution in [0.15, 0.2) is 42.6 Å². The van der Waals surface area contributed by atoms with Crippen LogP contribution in [-0.4, -0.2) is 18.6 Å². The zero-order valence-electron chi connectivity index (χ0n) is 12.5. The van der Waals surface area contributed by atoms with E-state index >= 15 is 0 Å². The fraction of sp³-hybridized carbons (Fsp3) is 0.353. The van der Waals surface area contributed by atoms with Crippen molar-refractivity contribution in [1.29, 1.82) is 0 Å². The molecule has 0 fully saturated rings. The summed E-state index contributed by atoms with van der Waals surface area (Å²) in [6.45, 7) is 3.12. The van der Waals surface area contributed by atoms with Gasteiger partial charge in [-0.25, -0.2) is 0 Å². The minimum atomic E-state index is 0.200. The maximum atomic E-state index is 6.11. The number of aromatic nitrogens is 1. The number of hydrogen-bond acceptors (Lipinski definition) is 3. The summed E-state index contributed by atoms with van der Waals surface area (Å²) in [5.41, 5.74) is 2.23. The smallest absolute Gasteiger partial charge is 0.137 e. The number of nitrogens with one attached hydrogen (secondary N) is 1. The number of halogens is 1. The molecule has 0 aliphatic rings. The van der Waals surface area contributed by atoms with Gasteiger partial charge in [0, 0.05) is 24.4 Å². The molecule has 1 aromatic heterocycles. The van der Waals surface area contributed by atoms with Crippen LogP contribution in [0.5, 0.6) is 5.75 Å². The van der Waals surface area contributed by atoms with Crippen molar-refractivity contribution in [3.8, 4) is 5.75 Å². The van der Waals surface area contributed by atoms with Crippen molar-refractivity contribution in [2.45, 2.75) is 25.8 Å². The van der Waals surface area contributed by atoms with Crippen LogP contribution in [-0.2, 0) is 6.42 Å². The number of pyridine rings is 1. The first-order valence-corrected chi connectivity index (χ1v) is 7.59. The van der Waals surface area contributed by atoms with Crippen molar-refractivity contribution >= 4 is 11.6 Å². The summed E-state index contributed by atoms with van der Waals surface area (Å²) < 4.78 is 5.32. The first-order valence-electron chi connectivity index (χ1n) is 7.21. The Morgan fingerprint density at radius 1 is 1.29 bits per heavy atom. The van der Waals surface area contributed by atoms with E-state index in [1.165, 1.54) is 0 Å². The SMILES string of the molecule is CCCNC(Cc1ccccn1)c1ccc(Cl)c(OC)c1. The lowest BCUT2D eigenvalue weighted by atomic mass is 10.0. The average molecular weight is 305 g/mol. The van der Waals surface area contributed by atoms with Gasteiger partial charge >= 0.3 is 0 Å². The highest BCUT2D eigenvalue weighted by Gasteiger charge is 2.14. The van der Waals surface area contributed by atoms with Crippen LogP contribution in [0.1, 0.15) is 30.6 Å². The molecule has 0 saturated carbocycles. The van der Waals surface area contributed by atoms with E-state index in [1.54, 1.807) is 7.11 Å². The van der Waals surface area contributed by atoms with Gasteiger partial charge < -0.3 is 10.1 Å². The molecule has 0 amide bonds. The lowest BCUT2D eigenvalue weighted by Crippen LogP contribution is -2.24. The third-order valence-corrected chi connectivity index (χ3v) is 3.67. The summed E-state index contributed by atoms with van der Waals surface area (Å²) in [7, 11) is 1.64. The third-order valence-electron chi connectivity index (χ3n) is 3.36. The van der Waals surface area contributed by atoms with Gasteiger partial charge in [0.05, 0.1) is 12.1 Å². The van der Waals surface area contributed by atoms with Crippen LogP contribution >= 0.6 is 11.6 Å². The molecule has 0 aliphatic heterocycles. The highest BCUT2D eigenvalue weighted by atomic mass is 35.5. The van der Waals surface area contributed by atoms with Crippen LogP contribution in [0.2, 0.25) is 5.02 Å². The lowest BCUT2D eigenvalue weighted by Gasteiger charge is -2.19. The van der Waals surface area contributed by atoms with Gasteiger partial charge in [-0.05, 0) is 42.8 Å². The van der Waals surface area contributed by atoms with E-state index in [0.717, 1.165) is 30.6 Å². The molecule has 1 N–H and O–H groups in total. The van der Waals surface area contributed by atoms with Crippen molar-refractivity contribution < 1.29 is 4.74 Å². The standard InChI is InChI=1S/C17H21ClN2O/c1-3-9-20-16(12-14-6-4-5-10-19-14)13-7-8-15(18)17(11-13)21-2/h4-8,10-11,16,20H,3,9,12H2,1-2H3. The number of benzene rings is 1. The fourth-order valence-corrected chi connectivity index (χ4v) is 2.44. The number of rotatable bonds is 7. The van der Waals surface area contributed by atoms with E-state index in [9.17, 15) is 0 Å². The number of ether oxygens (including phenoxy) is 1. The van der Waals surface area contributed by atoms with Crippen molar-refractivity contribution in [2.75, 3.05) is 13.7 Å². The van der Waals surface area contributed by atoms with Gasteiger partial charge in [0.1, 0.15) is 5.75 Å². The summed E-state index contributed by atoms with van der Waals surface area (Å²) in [6, 6.07) is 12.1. The van der Waals surface area contributed by atoms with Gasteiger partial charge in [-0.3, -0.25) is 4.98 Å². The van der Waals surface area contributed by atoms with Crippen molar-refractivity contribution in [2.24, 2.45) is 0 Å². The van der Waals surface area contributed by atoms with Crippen LogP contribution < -0.4 is 10.1 Å². The summed E-state index contributed by atoms with van der Waals surface area (Å²) in [5.74, 6) is 0.707. The molecule has 4 heteroatoms. The molecule has 2 aromatic rings. The van der Waals surface area contributed by atoms with Gasteiger partial charge in [-0.2, -0.15) is 0 Å². The molecular formula is C17H21ClN2O. The molecule has 1 unspecified atom stereocenters. The highest BCUT2D eigenvalue weighted by molar-refractivity contribution is 6.32. The van der Waals surface area contributed by atoms with Gasteiger partial charge in [0.25, 0.3) is 0 Å². The Morgan fingerprint density at radius 3 is 2.81 bits per heavy atom. The first kappa shape index (κ1) is 15.8. The summed E-state index contributed by atoms with van der Waals surface area (Å²) in [5, 5.41) is 4.20. The maximum absolute atomic E-state index is 6.11. The second-order valence-electron chi connectivity index (χ2n) is 4.93.